The van der Waals surface area contributed by atoms with Crippen LogP contribution in [0.5, 0.6) is 0 Å². The van der Waals surface area contributed by atoms with E-state index in [-0.39, 0.29) is 0 Å². The molecule has 20 nitrogen and oxygen atoms in total. The van der Waals surface area contributed by atoms with E-state index in [1.165, 1.54) is 0 Å². The maximum Gasteiger partial charge on any atom is 0.101 e. The molecule has 1 spiro atoms. The molecule has 12 aromatic carbocycles. The third-order valence-corrected chi connectivity index (χ3v) is 22.0. The fraction of sp³-hybridized carbons (Fsp3) is 0.175. The van der Waals surface area contributed by atoms with Gasteiger partial charge in [0.05, 0.1) is 95.4 Å². The Morgan fingerprint density at radius 1 is 0.171 bits per heavy atom. The van der Waals surface area contributed by atoms with Gasteiger partial charge in [0.25, 0.3) is 0 Å². The Hall–Kier alpha value is -15.8. The molecule has 0 amide bonds. The molecule has 12 aromatic rings. The fourth-order valence-electron chi connectivity index (χ4n) is 16.7. The third kappa shape index (κ3) is 13.4. The number of benzene rings is 12. The average Bonchev–Trinajstić information content (AvgIpc) is 1.50. The predicted molar refractivity (Wildman–Crippen MR) is 474 cm³/mol. The summed E-state index contributed by atoms with van der Waals surface area (Å²) in [6.45, 7) is 0. The highest BCUT2D eigenvalue weighted by Gasteiger charge is 2.53. The van der Waals surface area contributed by atoms with Gasteiger partial charge in [-0.05, 0) is 239 Å². The molecule has 0 saturated heterocycles. The second kappa shape index (κ2) is 31.0. The second-order valence-corrected chi connectivity index (χ2v) is 30.7. The highest BCUT2D eigenvalue weighted by molar-refractivity contribution is 6.01. The zero-order valence-electron chi connectivity index (χ0n) is 68.2. The molecule has 0 aliphatic heterocycles. The number of hydrogen-bond acceptors (Lipinski definition) is 20. The van der Waals surface area contributed by atoms with Gasteiger partial charge >= 0.3 is 0 Å². The van der Waals surface area contributed by atoms with Gasteiger partial charge in [-0.2, -0.15) is 42.1 Å². The van der Waals surface area contributed by atoms with E-state index >= 15 is 0 Å². The number of fused-ring (bicyclic) bond motifs is 10. The number of hydrogen-bond donors (Lipinski definition) is 0. The van der Waals surface area contributed by atoms with Crippen LogP contribution >= 0.6 is 0 Å². The van der Waals surface area contributed by atoms with Crippen LogP contribution in [0.25, 0.3) is 22.3 Å². The molecule has 572 valence electrons. The highest BCUT2D eigenvalue weighted by Crippen LogP contribution is 2.66. The maximum absolute atomic E-state index is 11.1. The first-order chi connectivity index (χ1) is 56.2. The summed E-state index contributed by atoms with van der Waals surface area (Å²) >= 11 is 0. The van der Waals surface area contributed by atoms with Crippen LogP contribution in [0.4, 0.5) is 114 Å². The zero-order valence-corrected chi connectivity index (χ0v) is 68.2. The van der Waals surface area contributed by atoms with E-state index in [1.54, 1.807) is 0 Å². The monoisotopic (exact) mass is 1530 g/mol. The molecule has 0 aromatic heterocycles. The van der Waals surface area contributed by atoms with E-state index in [0.717, 1.165) is 44.5 Å². The molecule has 14 rings (SSSR count). The van der Waals surface area contributed by atoms with Crippen LogP contribution in [0.2, 0.25) is 0 Å². The van der Waals surface area contributed by atoms with Crippen molar-refractivity contribution >= 4 is 114 Å². The predicted octanol–water partition coefficient (Wildman–Crippen LogP) is 19.4. The molecule has 0 bridgehead atoms. The van der Waals surface area contributed by atoms with Gasteiger partial charge < -0.3 is 58.8 Å². The van der Waals surface area contributed by atoms with E-state index in [2.05, 4.69) is 141 Å². The van der Waals surface area contributed by atoms with Crippen LogP contribution in [-0.2, 0) is 5.41 Å². The Morgan fingerprint density at radius 3 is 0.410 bits per heavy atom. The van der Waals surface area contributed by atoms with Gasteiger partial charge in [-0.1, -0.05) is 24.3 Å². The quantitative estimate of drug-likeness (QED) is 0.0690. The number of nitrogens with zero attached hydrogens (tertiary/aromatic N) is 20. The first kappa shape index (κ1) is 77.9. The molecular formula is C97H84N20. The lowest BCUT2D eigenvalue weighted by molar-refractivity contribution is 0.793. The van der Waals surface area contributed by atoms with Crippen LogP contribution < -0.4 is 58.8 Å². The van der Waals surface area contributed by atoms with Crippen molar-refractivity contribution in [1.82, 2.24) is 0 Å². The van der Waals surface area contributed by atoms with Crippen LogP contribution in [0.15, 0.2) is 218 Å². The van der Waals surface area contributed by atoms with Crippen molar-refractivity contribution in [2.45, 2.75) is 5.41 Å². The molecule has 20 heteroatoms. The van der Waals surface area contributed by atoms with E-state index in [1.807, 2.05) is 298 Å². The zero-order chi connectivity index (χ0) is 83.3. The Balaban J connectivity index is 1.17. The van der Waals surface area contributed by atoms with Crippen molar-refractivity contribution in [3.63, 3.8) is 0 Å². The largest absolute Gasteiger partial charge is 0.377 e. The molecule has 0 fully saturated rings. The van der Waals surface area contributed by atoms with Gasteiger partial charge in [-0.3, -0.25) is 0 Å². The normalized spacial score (nSPS) is 11.4. The molecule has 2 aliphatic carbocycles. The lowest BCUT2D eigenvalue weighted by Gasteiger charge is -2.35. The molecule has 0 radical (unpaired) electrons. The fourth-order valence-corrected chi connectivity index (χ4v) is 16.7. The highest BCUT2D eigenvalue weighted by atomic mass is 15.2. The number of anilines is 20. The summed E-state index contributed by atoms with van der Waals surface area (Å²) in [4.78, 5) is 23.6. The number of nitriles is 8. The average molecular weight is 1530 g/mol. The molecule has 0 saturated carbocycles. The second-order valence-electron chi connectivity index (χ2n) is 30.7. The summed E-state index contributed by atoms with van der Waals surface area (Å²) < 4.78 is 0. The van der Waals surface area contributed by atoms with Crippen molar-refractivity contribution in [1.29, 1.82) is 42.1 Å². The van der Waals surface area contributed by atoms with Crippen LogP contribution in [0.1, 0.15) is 66.8 Å². The standard InChI is InChI=1S/C97H84N20/c1-106(2)89-33-21-69(41-61(89)53-98)114(70-22-34-90(107(3)4)62(42-70)54-99)77-17-29-81-82-30-18-78(115(71-23-35-91(108(5)6)63(43-71)55-100)72-24-36-92(109(7)8)64(44-72)56-101)50-86(82)97(85(81)49-77)87-51-79(116(73-25-37-93(110(9)10)65(45-73)57-102)74-26-38-94(111(11)12)66(46-74)58-103)19-31-83(87)84-32-20-80(52-88(84)97)117(75-27-39-95(112(13)14)67(47-75)59-104)76-28-40-96(113(15)16)68(48-76)60-105/h17-52H,1-16H3. The third-order valence-electron chi connectivity index (χ3n) is 22.0. The van der Waals surface area contributed by atoms with Crippen molar-refractivity contribution in [3.8, 4) is 70.8 Å². The smallest absolute Gasteiger partial charge is 0.101 e. The van der Waals surface area contributed by atoms with Crippen molar-refractivity contribution in [2.75, 3.05) is 172 Å². The van der Waals surface area contributed by atoms with Gasteiger partial charge in [-0.25, -0.2) is 0 Å². The molecule has 0 heterocycles. The molecule has 0 unspecified atom stereocenters. The first-order valence-electron chi connectivity index (χ1n) is 37.8. The lowest BCUT2D eigenvalue weighted by Crippen LogP contribution is -2.27. The van der Waals surface area contributed by atoms with Crippen LogP contribution in [0, 0.1) is 90.6 Å². The van der Waals surface area contributed by atoms with Gasteiger partial charge in [0.1, 0.15) is 48.6 Å². The topological polar surface area (TPSA) is 229 Å². The van der Waals surface area contributed by atoms with E-state index < -0.39 is 5.41 Å². The molecule has 0 atom stereocenters. The summed E-state index contributed by atoms with van der Waals surface area (Å²) in [5, 5.41) is 88.6. The summed E-state index contributed by atoms with van der Waals surface area (Å²) in [6, 6.07) is 92.2. The Kier molecular flexibility index (Phi) is 20.7. The maximum atomic E-state index is 11.1. The lowest BCUT2D eigenvalue weighted by atomic mass is 9.70. The molecule has 2 aliphatic rings. The summed E-state index contributed by atoms with van der Waals surface area (Å²) in [5.41, 5.74) is 22.3. The SMILES string of the molecule is CN(C)c1ccc(N(c2ccc(N(C)C)c(C#N)c2)c2ccc3c(c2)C2(c4cc(N(c5ccc(N(C)C)c(C#N)c5)c5ccc(N(C)C)c(C#N)c5)ccc4-3)c3cc(N(c4ccc(N(C)C)c(C#N)c4)c4ccc(N(C)C)c(C#N)c4)ccc3-c3ccc(N(c4ccc(N(C)C)c(C#N)c4)c4ccc(N(C)C)c(C#N)c4)cc32)cc1C#N. The number of rotatable bonds is 20. The Labute approximate surface area is 684 Å². The van der Waals surface area contributed by atoms with Crippen LogP contribution in [0.3, 0.4) is 0 Å². The molecule has 0 N–H and O–H groups in total. The van der Waals surface area contributed by atoms with E-state index in [4.69, 9.17) is 0 Å². The van der Waals surface area contributed by atoms with E-state index in [0.29, 0.717) is 158 Å². The summed E-state index contributed by atoms with van der Waals surface area (Å²) in [5.74, 6) is 0. The minimum absolute atomic E-state index is 0.423. The van der Waals surface area contributed by atoms with Crippen molar-refractivity contribution < 1.29 is 0 Å². The Morgan fingerprint density at radius 2 is 0.291 bits per heavy atom. The van der Waals surface area contributed by atoms with Gasteiger partial charge in [0.15, 0.2) is 0 Å². The van der Waals surface area contributed by atoms with Gasteiger partial charge in [0.2, 0.25) is 0 Å². The molecular weight excluding hydrogens is 1450 g/mol. The van der Waals surface area contributed by atoms with Gasteiger partial charge in [0, 0.05) is 181 Å². The van der Waals surface area contributed by atoms with Crippen LogP contribution in [-0.4, -0.2) is 113 Å². The Bertz CT molecular complexity index is 5370. The van der Waals surface area contributed by atoms with Gasteiger partial charge in [-0.15, -0.1) is 0 Å². The van der Waals surface area contributed by atoms with Crippen molar-refractivity contribution in [3.05, 3.63) is 285 Å². The summed E-state index contributed by atoms with van der Waals surface area (Å²) in [7, 11) is 30.4. The minimum Gasteiger partial charge on any atom is -0.377 e. The first-order valence-corrected chi connectivity index (χ1v) is 37.8. The molecule has 117 heavy (non-hydrogen) atoms. The van der Waals surface area contributed by atoms with E-state index in [9.17, 15) is 42.1 Å². The van der Waals surface area contributed by atoms with Crippen molar-refractivity contribution in [2.24, 2.45) is 0 Å². The summed E-state index contributed by atoms with van der Waals surface area (Å²) in [6.07, 6.45) is 0. The minimum atomic E-state index is -1.40.